The molecule has 2 atom stereocenters. The number of amides is 2. The third kappa shape index (κ3) is 4.16. The molecule has 6 heteroatoms. The lowest BCUT2D eigenvalue weighted by Crippen LogP contribution is -2.42. The lowest BCUT2D eigenvalue weighted by atomic mass is 10.2. The molecule has 16 heavy (non-hydrogen) atoms. The second-order valence-corrected chi connectivity index (χ2v) is 4.44. The number of hydrogen-bond acceptors (Lipinski definition) is 3. The van der Waals surface area contributed by atoms with Gasteiger partial charge in [0.25, 0.3) is 0 Å². The molecule has 2 unspecified atom stereocenters. The highest BCUT2D eigenvalue weighted by Crippen LogP contribution is 2.13. The first kappa shape index (κ1) is 12.9. The predicted octanol–water partition coefficient (Wildman–Crippen LogP) is 1.73. The summed E-state index contributed by atoms with van der Waals surface area (Å²) in [5, 5.41) is 14.4. The molecular weight excluding hydrogens is 274 g/mol. The third-order valence-electron chi connectivity index (χ3n) is 2.05. The van der Waals surface area contributed by atoms with Gasteiger partial charge in [-0.3, -0.25) is 4.98 Å². The van der Waals surface area contributed by atoms with Crippen molar-refractivity contribution in [3.8, 4) is 0 Å². The maximum absolute atomic E-state index is 11.5. The Bertz CT molecular complexity index is 371. The highest BCUT2D eigenvalue weighted by atomic mass is 79.9. The number of halogens is 1. The van der Waals surface area contributed by atoms with Gasteiger partial charge in [-0.1, -0.05) is 0 Å². The Balaban J connectivity index is 2.52. The molecule has 0 aliphatic carbocycles. The second-order valence-electron chi connectivity index (χ2n) is 3.52. The Kier molecular flexibility index (Phi) is 4.70. The lowest BCUT2D eigenvalue weighted by molar-refractivity contribution is 0.155. The van der Waals surface area contributed by atoms with Crippen LogP contribution in [0.2, 0.25) is 0 Å². The molecule has 0 aliphatic heterocycles. The fourth-order valence-corrected chi connectivity index (χ4v) is 1.34. The number of aromatic nitrogens is 1. The van der Waals surface area contributed by atoms with Gasteiger partial charge >= 0.3 is 6.03 Å². The molecule has 0 saturated heterocycles. The summed E-state index contributed by atoms with van der Waals surface area (Å²) < 4.78 is 0.786. The SMILES string of the molecule is CC(O)C(C)NC(=O)Nc1cncc(Br)c1. The average Bonchev–Trinajstić information content (AvgIpc) is 2.16. The number of aliphatic hydroxyl groups is 1. The normalized spacial score (nSPS) is 14.0. The van der Waals surface area contributed by atoms with E-state index in [0.29, 0.717) is 5.69 Å². The van der Waals surface area contributed by atoms with E-state index in [-0.39, 0.29) is 12.1 Å². The van der Waals surface area contributed by atoms with Crippen LogP contribution in [0.5, 0.6) is 0 Å². The van der Waals surface area contributed by atoms with Crippen molar-refractivity contribution in [3.05, 3.63) is 22.9 Å². The van der Waals surface area contributed by atoms with Gasteiger partial charge in [0.1, 0.15) is 0 Å². The molecule has 88 valence electrons. The molecule has 3 N–H and O–H groups in total. The summed E-state index contributed by atoms with van der Waals surface area (Å²) in [6.07, 6.45) is 2.57. The first-order chi connectivity index (χ1) is 7.49. The molecule has 0 radical (unpaired) electrons. The van der Waals surface area contributed by atoms with Crippen molar-refractivity contribution in [2.45, 2.75) is 26.0 Å². The van der Waals surface area contributed by atoms with Gasteiger partial charge in [-0.15, -0.1) is 0 Å². The van der Waals surface area contributed by atoms with E-state index in [4.69, 9.17) is 0 Å². The number of nitrogens with one attached hydrogen (secondary N) is 2. The molecule has 1 rings (SSSR count). The topological polar surface area (TPSA) is 74.2 Å². The summed E-state index contributed by atoms with van der Waals surface area (Å²) in [5.41, 5.74) is 0.588. The summed E-state index contributed by atoms with van der Waals surface area (Å²) in [5.74, 6) is 0. The van der Waals surface area contributed by atoms with E-state index in [1.807, 2.05) is 0 Å². The number of rotatable bonds is 3. The van der Waals surface area contributed by atoms with Crippen LogP contribution in [0, 0.1) is 0 Å². The van der Waals surface area contributed by atoms with Gasteiger partial charge in [-0.05, 0) is 35.8 Å². The summed E-state index contributed by atoms with van der Waals surface area (Å²) in [6.45, 7) is 3.34. The van der Waals surface area contributed by atoms with Crippen molar-refractivity contribution in [2.75, 3.05) is 5.32 Å². The molecule has 2 amide bonds. The Morgan fingerprint density at radius 1 is 1.50 bits per heavy atom. The van der Waals surface area contributed by atoms with E-state index in [1.165, 1.54) is 6.20 Å². The lowest BCUT2D eigenvalue weighted by Gasteiger charge is -2.16. The summed E-state index contributed by atoms with van der Waals surface area (Å²) in [4.78, 5) is 15.4. The van der Waals surface area contributed by atoms with Crippen LogP contribution in [-0.4, -0.2) is 28.3 Å². The zero-order valence-electron chi connectivity index (χ0n) is 9.07. The zero-order chi connectivity index (χ0) is 12.1. The largest absolute Gasteiger partial charge is 0.391 e. The molecule has 5 nitrogen and oxygen atoms in total. The van der Waals surface area contributed by atoms with Gasteiger partial charge in [0, 0.05) is 10.7 Å². The maximum atomic E-state index is 11.5. The van der Waals surface area contributed by atoms with Gasteiger partial charge in [0.05, 0.1) is 24.0 Å². The maximum Gasteiger partial charge on any atom is 0.319 e. The van der Waals surface area contributed by atoms with Crippen LogP contribution in [0.4, 0.5) is 10.5 Å². The van der Waals surface area contributed by atoms with Crippen LogP contribution in [0.25, 0.3) is 0 Å². The van der Waals surface area contributed by atoms with E-state index in [2.05, 4.69) is 31.5 Å². The summed E-state index contributed by atoms with van der Waals surface area (Å²) in [6, 6.07) is 1.06. The summed E-state index contributed by atoms with van der Waals surface area (Å²) >= 11 is 3.25. The fourth-order valence-electron chi connectivity index (χ4n) is 0.975. The van der Waals surface area contributed by atoms with E-state index in [1.54, 1.807) is 26.1 Å². The monoisotopic (exact) mass is 287 g/mol. The molecule has 0 fully saturated rings. The van der Waals surface area contributed by atoms with E-state index >= 15 is 0 Å². The number of carbonyl (C=O) groups is 1. The van der Waals surface area contributed by atoms with Crippen molar-refractivity contribution in [1.82, 2.24) is 10.3 Å². The molecule has 0 aromatic carbocycles. The molecule has 1 heterocycles. The van der Waals surface area contributed by atoms with Crippen LogP contribution in [0.3, 0.4) is 0 Å². The minimum Gasteiger partial charge on any atom is -0.391 e. The van der Waals surface area contributed by atoms with Crippen LogP contribution >= 0.6 is 15.9 Å². The van der Waals surface area contributed by atoms with E-state index in [0.717, 1.165) is 4.47 Å². The highest BCUT2D eigenvalue weighted by molar-refractivity contribution is 9.10. The fraction of sp³-hybridized carbons (Fsp3) is 0.400. The molecule has 1 aromatic rings. The molecule has 0 spiro atoms. The molecule has 1 aromatic heterocycles. The number of pyridine rings is 1. The highest BCUT2D eigenvalue weighted by Gasteiger charge is 2.11. The van der Waals surface area contributed by atoms with Crippen LogP contribution in [-0.2, 0) is 0 Å². The average molecular weight is 288 g/mol. The van der Waals surface area contributed by atoms with Gasteiger partial charge < -0.3 is 15.7 Å². The van der Waals surface area contributed by atoms with Crippen molar-refractivity contribution < 1.29 is 9.90 Å². The third-order valence-corrected chi connectivity index (χ3v) is 2.48. The minimum absolute atomic E-state index is 0.305. The Labute approximate surface area is 102 Å². The van der Waals surface area contributed by atoms with E-state index in [9.17, 15) is 9.90 Å². The van der Waals surface area contributed by atoms with Crippen LogP contribution in [0.1, 0.15) is 13.8 Å². The number of carbonyl (C=O) groups excluding carboxylic acids is 1. The van der Waals surface area contributed by atoms with Gasteiger partial charge in [0.15, 0.2) is 0 Å². The number of aliphatic hydroxyl groups excluding tert-OH is 1. The van der Waals surface area contributed by atoms with Gasteiger partial charge in [-0.2, -0.15) is 0 Å². The van der Waals surface area contributed by atoms with Gasteiger partial charge in [0.2, 0.25) is 0 Å². The smallest absolute Gasteiger partial charge is 0.319 e. The number of anilines is 1. The van der Waals surface area contributed by atoms with Crippen molar-refractivity contribution in [2.24, 2.45) is 0 Å². The van der Waals surface area contributed by atoms with Crippen molar-refractivity contribution in [1.29, 1.82) is 0 Å². The Hall–Kier alpha value is -1.14. The van der Waals surface area contributed by atoms with Crippen LogP contribution < -0.4 is 10.6 Å². The first-order valence-electron chi connectivity index (χ1n) is 4.85. The van der Waals surface area contributed by atoms with Crippen molar-refractivity contribution in [3.63, 3.8) is 0 Å². The molecular formula is C10H14BrN3O2. The first-order valence-corrected chi connectivity index (χ1v) is 5.64. The molecule has 0 aliphatic rings. The Morgan fingerprint density at radius 3 is 2.75 bits per heavy atom. The number of urea groups is 1. The quantitative estimate of drug-likeness (QED) is 0.793. The van der Waals surface area contributed by atoms with Crippen molar-refractivity contribution >= 4 is 27.6 Å². The van der Waals surface area contributed by atoms with E-state index < -0.39 is 6.10 Å². The van der Waals surface area contributed by atoms with Crippen LogP contribution in [0.15, 0.2) is 22.9 Å². The Morgan fingerprint density at radius 2 is 2.19 bits per heavy atom. The standard InChI is InChI=1S/C10H14BrN3O2/c1-6(7(2)15)13-10(16)14-9-3-8(11)4-12-5-9/h3-7,15H,1-2H3,(H2,13,14,16). The summed E-state index contributed by atoms with van der Waals surface area (Å²) in [7, 11) is 0. The van der Waals surface area contributed by atoms with Gasteiger partial charge in [-0.25, -0.2) is 4.79 Å². The number of hydrogen-bond donors (Lipinski definition) is 3. The number of nitrogens with zero attached hydrogens (tertiary/aromatic N) is 1. The molecule has 0 bridgehead atoms. The minimum atomic E-state index is -0.591. The predicted molar refractivity (Wildman–Crippen MR) is 65.2 cm³/mol. The zero-order valence-corrected chi connectivity index (χ0v) is 10.7. The second kappa shape index (κ2) is 5.81. The molecule has 0 saturated carbocycles.